The van der Waals surface area contributed by atoms with E-state index in [0.29, 0.717) is 36.1 Å². The van der Waals surface area contributed by atoms with E-state index < -0.39 is 10.0 Å². The first-order valence-electron chi connectivity index (χ1n) is 11.9. The molecule has 36 heavy (non-hydrogen) atoms. The Morgan fingerprint density at radius 1 is 1.08 bits per heavy atom. The molecule has 0 bridgehead atoms. The van der Waals surface area contributed by atoms with Crippen LogP contribution in [0, 0.1) is 0 Å². The van der Waals surface area contributed by atoms with E-state index in [1.807, 2.05) is 12.1 Å². The van der Waals surface area contributed by atoms with Crippen molar-refractivity contribution in [3.8, 4) is 11.5 Å². The molecular formula is C25H34N4O6S. The van der Waals surface area contributed by atoms with Gasteiger partial charge in [-0.25, -0.2) is 12.7 Å². The summed E-state index contributed by atoms with van der Waals surface area (Å²) in [6, 6.07) is 11.4. The van der Waals surface area contributed by atoms with Crippen LogP contribution in [0.15, 0.2) is 45.7 Å². The third-order valence-electron chi connectivity index (χ3n) is 6.23. The number of rotatable bonds is 11. The second kappa shape index (κ2) is 11.5. The van der Waals surface area contributed by atoms with Crippen molar-refractivity contribution in [3.63, 3.8) is 0 Å². The molecule has 2 aromatic carbocycles. The molecule has 0 spiro atoms. The van der Waals surface area contributed by atoms with Crippen LogP contribution in [0.1, 0.15) is 18.4 Å². The van der Waals surface area contributed by atoms with Gasteiger partial charge >= 0.3 is 0 Å². The van der Waals surface area contributed by atoms with Gasteiger partial charge in [-0.3, -0.25) is 4.90 Å². The highest BCUT2D eigenvalue weighted by Crippen LogP contribution is 2.29. The summed E-state index contributed by atoms with van der Waals surface area (Å²) in [6.45, 7) is 3.66. The van der Waals surface area contributed by atoms with Crippen LogP contribution < -0.4 is 14.8 Å². The molecule has 4 rings (SSSR count). The van der Waals surface area contributed by atoms with Crippen molar-refractivity contribution in [1.82, 2.24) is 14.2 Å². The SMILES string of the molecule is COCCOc1cc(CN2CCC(Nc3nc4cc(S(=O)(=O)N(C)C)ccc4o3)CC2)ccc1OC. The molecule has 0 unspecified atom stereocenters. The van der Waals surface area contributed by atoms with Crippen molar-refractivity contribution in [2.45, 2.75) is 30.3 Å². The van der Waals surface area contributed by atoms with Gasteiger partial charge in [-0.2, -0.15) is 4.98 Å². The lowest BCUT2D eigenvalue weighted by atomic mass is 10.0. The van der Waals surface area contributed by atoms with Crippen LogP contribution >= 0.6 is 0 Å². The zero-order chi connectivity index (χ0) is 25.7. The topological polar surface area (TPSA) is 106 Å². The maximum atomic E-state index is 12.4. The van der Waals surface area contributed by atoms with Gasteiger partial charge in [0.1, 0.15) is 12.1 Å². The number of nitrogens with zero attached hydrogens (tertiary/aromatic N) is 3. The third kappa shape index (κ3) is 6.09. The summed E-state index contributed by atoms with van der Waals surface area (Å²) in [7, 11) is 2.77. The first kappa shape index (κ1) is 26.2. The highest BCUT2D eigenvalue weighted by molar-refractivity contribution is 7.89. The molecule has 1 aliphatic heterocycles. The zero-order valence-electron chi connectivity index (χ0n) is 21.2. The minimum absolute atomic E-state index is 0.193. The summed E-state index contributed by atoms with van der Waals surface area (Å²) in [5, 5.41) is 3.38. The molecular weight excluding hydrogens is 484 g/mol. The van der Waals surface area contributed by atoms with E-state index in [4.69, 9.17) is 18.6 Å². The number of hydrogen-bond donors (Lipinski definition) is 1. The number of likely N-dealkylation sites (tertiary alicyclic amines) is 1. The molecule has 1 fully saturated rings. The fourth-order valence-electron chi connectivity index (χ4n) is 4.18. The van der Waals surface area contributed by atoms with Crippen LogP contribution in [-0.4, -0.2) is 83.3 Å². The summed E-state index contributed by atoms with van der Waals surface area (Å²) in [5.74, 6) is 1.43. The molecule has 0 saturated carbocycles. The molecule has 10 nitrogen and oxygen atoms in total. The number of piperidine rings is 1. The standard InChI is InChI=1S/C25H34N4O6S/c1-28(2)36(30,31)20-6-8-22-21(16-20)27-25(35-22)26-19-9-11-29(12-10-19)17-18-5-7-23(33-4)24(15-18)34-14-13-32-3/h5-8,15-16,19H,9-14,17H2,1-4H3,(H,26,27). The van der Waals surface area contributed by atoms with Gasteiger partial charge in [0.05, 0.1) is 18.6 Å². The largest absolute Gasteiger partial charge is 0.493 e. The Kier molecular flexibility index (Phi) is 8.35. The summed E-state index contributed by atoms with van der Waals surface area (Å²) < 4.78 is 48.1. The summed E-state index contributed by atoms with van der Waals surface area (Å²) in [6.07, 6.45) is 1.87. The Morgan fingerprint density at radius 3 is 2.56 bits per heavy atom. The van der Waals surface area contributed by atoms with E-state index in [-0.39, 0.29) is 10.9 Å². The minimum atomic E-state index is -3.53. The number of benzene rings is 2. The van der Waals surface area contributed by atoms with Crippen molar-refractivity contribution in [1.29, 1.82) is 0 Å². The first-order chi connectivity index (χ1) is 17.3. The first-order valence-corrected chi connectivity index (χ1v) is 13.3. The van der Waals surface area contributed by atoms with E-state index >= 15 is 0 Å². The van der Waals surface area contributed by atoms with Crippen molar-refractivity contribution in [3.05, 3.63) is 42.0 Å². The van der Waals surface area contributed by atoms with Crippen molar-refractivity contribution in [2.24, 2.45) is 0 Å². The van der Waals surface area contributed by atoms with Crippen LogP contribution in [0.2, 0.25) is 0 Å². The summed E-state index contributed by atoms with van der Waals surface area (Å²) in [5.41, 5.74) is 2.23. The van der Waals surface area contributed by atoms with Crippen LogP contribution in [0.5, 0.6) is 11.5 Å². The Labute approximate surface area is 212 Å². The number of ether oxygens (including phenoxy) is 3. The van der Waals surface area contributed by atoms with Crippen molar-refractivity contribution in [2.75, 3.05) is 59.9 Å². The summed E-state index contributed by atoms with van der Waals surface area (Å²) >= 11 is 0. The number of oxazole rings is 1. The normalized spacial score (nSPS) is 15.5. The predicted octanol–water partition coefficient (Wildman–Crippen LogP) is 3.19. The molecule has 11 heteroatoms. The van der Waals surface area contributed by atoms with Crippen LogP contribution in [0.4, 0.5) is 6.01 Å². The predicted molar refractivity (Wildman–Crippen MR) is 137 cm³/mol. The van der Waals surface area contributed by atoms with Crippen molar-refractivity contribution >= 4 is 27.1 Å². The molecule has 2 heterocycles. The average molecular weight is 519 g/mol. The van der Waals surface area contributed by atoms with Crippen LogP contribution in [0.3, 0.4) is 0 Å². The molecule has 0 aliphatic carbocycles. The molecule has 1 N–H and O–H groups in total. The van der Waals surface area contributed by atoms with Crippen LogP contribution in [0.25, 0.3) is 11.1 Å². The fraction of sp³-hybridized carbons (Fsp3) is 0.480. The number of sulfonamides is 1. The number of aromatic nitrogens is 1. The zero-order valence-corrected chi connectivity index (χ0v) is 22.0. The molecule has 3 aromatic rings. The van der Waals surface area contributed by atoms with Gasteiger partial charge in [0, 0.05) is 46.9 Å². The Balaban J connectivity index is 1.33. The van der Waals surface area contributed by atoms with Gasteiger partial charge in [-0.1, -0.05) is 6.07 Å². The monoisotopic (exact) mass is 518 g/mol. The van der Waals surface area contributed by atoms with Gasteiger partial charge in [-0.05, 0) is 48.7 Å². The molecule has 1 aliphatic rings. The van der Waals surface area contributed by atoms with Gasteiger partial charge < -0.3 is 23.9 Å². The third-order valence-corrected chi connectivity index (χ3v) is 8.04. The molecule has 1 aromatic heterocycles. The van der Waals surface area contributed by atoms with E-state index in [2.05, 4.69) is 21.3 Å². The van der Waals surface area contributed by atoms with E-state index in [1.54, 1.807) is 32.4 Å². The molecule has 196 valence electrons. The molecule has 0 radical (unpaired) electrons. The lowest BCUT2D eigenvalue weighted by Gasteiger charge is -2.32. The van der Waals surface area contributed by atoms with E-state index in [9.17, 15) is 8.42 Å². The Hall–Kier alpha value is -2.86. The number of methoxy groups -OCH3 is 2. The lowest BCUT2D eigenvalue weighted by Crippen LogP contribution is -2.38. The van der Waals surface area contributed by atoms with E-state index in [1.165, 1.54) is 18.4 Å². The quantitative estimate of drug-likeness (QED) is 0.383. The maximum Gasteiger partial charge on any atom is 0.295 e. The van der Waals surface area contributed by atoms with Gasteiger partial charge in [0.25, 0.3) is 6.01 Å². The second-order valence-corrected chi connectivity index (χ2v) is 11.1. The summed E-state index contributed by atoms with van der Waals surface area (Å²) in [4.78, 5) is 7.07. The number of hydrogen-bond acceptors (Lipinski definition) is 9. The number of fused-ring (bicyclic) bond motifs is 1. The van der Waals surface area contributed by atoms with E-state index in [0.717, 1.165) is 43.8 Å². The number of nitrogens with one attached hydrogen (secondary N) is 1. The van der Waals surface area contributed by atoms with Gasteiger partial charge in [-0.15, -0.1) is 0 Å². The second-order valence-electron chi connectivity index (χ2n) is 8.96. The Bertz CT molecular complexity index is 1270. The van der Waals surface area contributed by atoms with Gasteiger partial charge in [0.2, 0.25) is 10.0 Å². The highest BCUT2D eigenvalue weighted by Gasteiger charge is 2.22. The lowest BCUT2D eigenvalue weighted by molar-refractivity contribution is 0.144. The average Bonchev–Trinajstić information content (AvgIpc) is 3.27. The highest BCUT2D eigenvalue weighted by atomic mass is 32.2. The molecule has 0 amide bonds. The maximum absolute atomic E-state index is 12.4. The number of anilines is 1. The molecule has 1 saturated heterocycles. The van der Waals surface area contributed by atoms with Crippen molar-refractivity contribution < 1.29 is 27.0 Å². The smallest absolute Gasteiger partial charge is 0.295 e. The Morgan fingerprint density at radius 2 is 1.86 bits per heavy atom. The minimum Gasteiger partial charge on any atom is -0.493 e. The molecule has 0 atom stereocenters. The fourth-order valence-corrected chi connectivity index (χ4v) is 5.10. The van der Waals surface area contributed by atoms with Crippen LogP contribution in [-0.2, 0) is 21.3 Å². The van der Waals surface area contributed by atoms with Gasteiger partial charge in [0.15, 0.2) is 17.1 Å².